The Morgan fingerprint density at radius 3 is 1.50 bits per heavy atom. The second kappa shape index (κ2) is 18.1. The maximum atomic E-state index is 4.19. The van der Waals surface area contributed by atoms with E-state index in [9.17, 15) is 0 Å². The smallest absolute Gasteiger partial charge is 0.0462 e. The van der Waals surface area contributed by atoms with Gasteiger partial charge in [0.2, 0.25) is 0 Å². The van der Waals surface area contributed by atoms with Crippen molar-refractivity contribution in [2.24, 2.45) is 0 Å². The minimum Gasteiger partial charge on any atom is -0.382 e. The summed E-state index contributed by atoms with van der Waals surface area (Å²) in [6.07, 6.45) is 19.8. The predicted octanol–water partition coefficient (Wildman–Crippen LogP) is 9.26. The van der Waals surface area contributed by atoms with Crippen LogP contribution in [0.15, 0.2) is 35.6 Å². The van der Waals surface area contributed by atoms with Crippen molar-refractivity contribution in [2.45, 2.75) is 137 Å². The van der Waals surface area contributed by atoms with Gasteiger partial charge in [0.15, 0.2) is 0 Å². The maximum Gasteiger partial charge on any atom is 0.0462 e. The van der Waals surface area contributed by atoms with Gasteiger partial charge in [0.1, 0.15) is 0 Å². The fourth-order valence-corrected chi connectivity index (χ4v) is 3.75. The molecule has 1 atom stereocenters. The molecule has 0 aliphatic rings. The van der Waals surface area contributed by atoms with E-state index >= 15 is 0 Å². The van der Waals surface area contributed by atoms with Crippen LogP contribution in [0.4, 0.5) is 0 Å². The monoisotopic (exact) mass is 389 g/mol. The second-order valence-electron chi connectivity index (χ2n) is 8.90. The molecule has 0 rings (SSSR count). The van der Waals surface area contributed by atoms with Gasteiger partial charge in [-0.25, -0.2) is 0 Å². The van der Waals surface area contributed by atoms with E-state index in [0.29, 0.717) is 6.04 Å². The Balaban J connectivity index is 3.70. The van der Waals surface area contributed by atoms with Crippen molar-refractivity contribution in [2.75, 3.05) is 0 Å². The highest BCUT2D eigenvalue weighted by Crippen LogP contribution is 2.19. The van der Waals surface area contributed by atoms with E-state index in [2.05, 4.69) is 53.1 Å². The van der Waals surface area contributed by atoms with E-state index < -0.39 is 0 Å². The van der Waals surface area contributed by atoms with Crippen LogP contribution >= 0.6 is 0 Å². The van der Waals surface area contributed by atoms with Crippen LogP contribution in [0.25, 0.3) is 0 Å². The number of hydrogen-bond donors (Lipinski definition) is 1. The Morgan fingerprint density at radius 2 is 1.07 bits per heavy atom. The third-order valence-corrected chi connectivity index (χ3v) is 6.05. The lowest BCUT2D eigenvalue weighted by molar-refractivity contribution is 0.568. The molecule has 0 fully saturated rings. The summed E-state index contributed by atoms with van der Waals surface area (Å²) < 4.78 is 0. The lowest BCUT2D eigenvalue weighted by atomic mass is 9.98. The van der Waals surface area contributed by atoms with Crippen molar-refractivity contribution in [1.29, 1.82) is 0 Å². The number of rotatable bonds is 19. The molecular weight excluding hydrogens is 338 g/mol. The first-order valence-corrected chi connectivity index (χ1v) is 12.2. The third kappa shape index (κ3) is 15.0. The highest BCUT2D eigenvalue weighted by atomic mass is 14.9. The Labute approximate surface area is 178 Å². The first-order chi connectivity index (χ1) is 13.4. The molecule has 0 aromatic heterocycles. The van der Waals surface area contributed by atoms with E-state index in [0.717, 1.165) is 12.8 Å². The first-order valence-electron chi connectivity index (χ1n) is 12.2. The zero-order valence-corrected chi connectivity index (χ0v) is 20.1. The summed E-state index contributed by atoms with van der Waals surface area (Å²) in [6.45, 7) is 19.5. The Kier molecular flexibility index (Phi) is 17.4. The minimum absolute atomic E-state index is 0.391. The summed E-state index contributed by atoms with van der Waals surface area (Å²) in [7, 11) is 0. The summed E-state index contributed by atoms with van der Waals surface area (Å²) >= 11 is 0. The molecule has 1 N–H and O–H groups in total. The summed E-state index contributed by atoms with van der Waals surface area (Å²) in [5, 5.41) is 3.53. The zero-order valence-electron chi connectivity index (χ0n) is 20.1. The van der Waals surface area contributed by atoms with E-state index in [1.54, 1.807) is 11.1 Å². The quantitative estimate of drug-likeness (QED) is 0.171. The molecular formula is C27H51N. The number of nitrogens with one attached hydrogen (secondary N) is 1. The SMILES string of the molecule is C=C(CCCCCCC/C(C)=C(/C)CCCCCCCC)NC(CC)C(=C)C. The molecule has 1 heteroatoms. The van der Waals surface area contributed by atoms with Crippen molar-refractivity contribution in [1.82, 2.24) is 5.32 Å². The number of unbranched alkanes of at least 4 members (excludes halogenated alkanes) is 9. The molecule has 0 bridgehead atoms. The highest BCUT2D eigenvalue weighted by molar-refractivity contribution is 5.09. The van der Waals surface area contributed by atoms with Gasteiger partial charge in [0.05, 0.1) is 0 Å². The molecule has 0 heterocycles. The van der Waals surface area contributed by atoms with Crippen LogP contribution in [0.1, 0.15) is 131 Å². The van der Waals surface area contributed by atoms with Gasteiger partial charge < -0.3 is 5.32 Å². The van der Waals surface area contributed by atoms with Gasteiger partial charge in [-0.2, -0.15) is 0 Å². The molecule has 0 aliphatic heterocycles. The Bertz CT molecular complexity index is 443. The standard InChI is InChI=1S/C27H51N/c1-8-10-11-12-14-17-20-24(5)25(6)21-18-15-13-16-19-22-26(7)28-27(9-2)23(3)4/h27-28H,3,7-22H2,1-2,4-6H3/b25-24-. The molecule has 0 amide bonds. The van der Waals surface area contributed by atoms with Crippen LogP contribution in [0.3, 0.4) is 0 Å². The topological polar surface area (TPSA) is 12.0 Å². The summed E-state index contributed by atoms with van der Waals surface area (Å²) in [5.74, 6) is 0. The van der Waals surface area contributed by atoms with Gasteiger partial charge in [-0.3, -0.25) is 0 Å². The predicted molar refractivity (Wildman–Crippen MR) is 130 cm³/mol. The summed E-state index contributed by atoms with van der Waals surface area (Å²) in [6, 6.07) is 0.391. The molecule has 0 aromatic rings. The van der Waals surface area contributed by atoms with Crippen molar-refractivity contribution < 1.29 is 0 Å². The second-order valence-corrected chi connectivity index (χ2v) is 8.90. The molecule has 1 unspecified atom stereocenters. The zero-order chi connectivity index (χ0) is 21.2. The minimum atomic E-state index is 0.391. The third-order valence-electron chi connectivity index (χ3n) is 6.05. The van der Waals surface area contributed by atoms with E-state index in [1.807, 2.05) is 0 Å². The average molecular weight is 390 g/mol. The molecule has 0 radical (unpaired) electrons. The largest absolute Gasteiger partial charge is 0.382 e. The molecule has 0 aromatic carbocycles. The maximum absolute atomic E-state index is 4.19. The van der Waals surface area contributed by atoms with Crippen molar-refractivity contribution >= 4 is 0 Å². The molecule has 1 nitrogen and oxygen atoms in total. The van der Waals surface area contributed by atoms with Crippen molar-refractivity contribution in [3.05, 3.63) is 35.6 Å². The van der Waals surface area contributed by atoms with Crippen LogP contribution < -0.4 is 5.32 Å². The number of allylic oxidation sites excluding steroid dienone is 3. The normalized spacial score (nSPS) is 13.2. The Hall–Kier alpha value is -0.980. The molecule has 0 saturated heterocycles. The van der Waals surface area contributed by atoms with Crippen molar-refractivity contribution in [3.8, 4) is 0 Å². The van der Waals surface area contributed by atoms with Crippen molar-refractivity contribution in [3.63, 3.8) is 0 Å². The van der Waals surface area contributed by atoms with Crippen LogP contribution in [0.2, 0.25) is 0 Å². The highest BCUT2D eigenvalue weighted by Gasteiger charge is 2.06. The van der Waals surface area contributed by atoms with Gasteiger partial charge in [-0.05, 0) is 65.7 Å². The van der Waals surface area contributed by atoms with Gasteiger partial charge in [0, 0.05) is 11.7 Å². The van der Waals surface area contributed by atoms with E-state index in [1.165, 1.54) is 94.7 Å². The molecule has 0 saturated carbocycles. The fourth-order valence-electron chi connectivity index (χ4n) is 3.75. The van der Waals surface area contributed by atoms with Gasteiger partial charge in [-0.15, -0.1) is 0 Å². The van der Waals surface area contributed by atoms with Crippen LogP contribution in [-0.4, -0.2) is 6.04 Å². The Morgan fingerprint density at radius 1 is 0.643 bits per heavy atom. The molecule has 28 heavy (non-hydrogen) atoms. The van der Waals surface area contributed by atoms with Gasteiger partial charge >= 0.3 is 0 Å². The van der Waals surface area contributed by atoms with Gasteiger partial charge in [-0.1, -0.05) is 95.1 Å². The summed E-state index contributed by atoms with van der Waals surface area (Å²) in [5.41, 5.74) is 5.69. The number of hydrogen-bond acceptors (Lipinski definition) is 1. The van der Waals surface area contributed by atoms with Crippen LogP contribution in [-0.2, 0) is 0 Å². The van der Waals surface area contributed by atoms with Gasteiger partial charge in [0.25, 0.3) is 0 Å². The lowest BCUT2D eigenvalue weighted by Crippen LogP contribution is -2.28. The lowest BCUT2D eigenvalue weighted by Gasteiger charge is -2.20. The summed E-state index contributed by atoms with van der Waals surface area (Å²) in [4.78, 5) is 0. The van der Waals surface area contributed by atoms with E-state index in [-0.39, 0.29) is 0 Å². The average Bonchev–Trinajstić information content (AvgIpc) is 2.67. The molecule has 0 spiro atoms. The first kappa shape index (κ1) is 27.0. The molecule has 164 valence electrons. The van der Waals surface area contributed by atoms with Crippen LogP contribution in [0.5, 0.6) is 0 Å². The fraction of sp³-hybridized carbons (Fsp3) is 0.778. The van der Waals surface area contributed by atoms with E-state index in [4.69, 9.17) is 0 Å². The van der Waals surface area contributed by atoms with Crippen LogP contribution in [0, 0.1) is 0 Å². The molecule has 0 aliphatic carbocycles.